The van der Waals surface area contributed by atoms with Gasteiger partial charge in [0.2, 0.25) is 10.0 Å². The lowest BCUT2D eigenvalue weighted by Crippen LogP contribution is -2.50. The molecule has 0 aliphatic carbocycles. The molecule has 9 heteroatoms. The maximum absolute atomic E-state index is 11.9. The average molecular weight is 496 g/mol. The highest BCUT2D eigenvalue weighted by Gasteiger charge is 2.26. The quantitative estimate of drug-likeness (QED) is 0.249. The second-order valence-corrected chi connectivity index (χ2v) is 8.21. The molecule has 1 saturated heterocycles. The Hall–Kier alpha value is -1.07. The molecule has 0 radical (unpaired) electrons. The summed E-state index contributed by atoms with van der Waals surface area (Å²) in [6.07, 6.45) is 5.71. The fourth-order valence-electron chi connectivity index (χ4n) is 2.71. The van der Waals surface area contributed by atoms with Crippen molar-refractivity contribution in [3.8, 4) is 0 Å². The number of rotatable bonds is 8. The van der Waals surface area contributed by atoms with Crippen molar-refractivity contribution in [2.75, 3.05) is 31.9 Å². The second-order valence-electron chi connectivity index (χ2n) is 5.95. The molecule has 2 heterocycles. The van der Waals surface area contributed by atoms with Gasteiger partial charge >= 0.3 is 0 Å². The van der Waals surface area contributed by atoms with Gasteiger partial charge < -0.3 is 15.1 Å². The maximum Gasteiger partial charge on any atom is 0.213 e. The molecule has 0 saturated carbocycles. The van der Waals surface area contributed by atoms with Crippen molar-refractivity contribution in [2.24, 2.45) is 4.99 Å². The average Bonchev–Trinajstić information content (AvgIpc) is 3.13. The molecule has 0 aromatic carbocycles. The monoisotopic (exact) mass is 496 g/mol. The first-order valence-electron chi connectivity index (χ1n) is 8.71. The van der Waals surface area contributed by atoms with Crippen LogP contribution in [0.25, 0.3) is 0 Å². The van der Waals surface area contributed by atoms with E-state index in [4.69, 9.17) is 4.42 Å². The minimum absolute atomic E-state index is 0. The lowest BCUT2D eigenvalue weighted by Gasteiger charge is -2.32. The fourth-order valence-corrected chi connectivity index (χ4v) is 3.84. The molecular weight excluding hydrogens is 467 g/mol. The number of piperidine rings is 1. The molecule has 0 atom stereocenters. The predicted molar refractivity (Wildman–Crippen MR) is 116 cm³/mol. The van der Waals surface area contributed by atoms with Crippen molar-refractivity contribution in [2.45, 2.75) is 32.2 Å². The lowest BCUT2D eigenvalue weighted by atomic mass is 10.1. The third kappa shape index (κ3) is 7.28. The van der Waals surface area contributed by atoms with E-state index in [9.17, 15) is 8.42 Å². The van der Waals surface area contributed by atoms with Gasteiger partial charge in [-0.1, -0.05) is 6.08 Å². The van der Waals surface area contributed by atoms with Crippen LogP contribution in [0.15, 0.2) is 40.5 Å². The van der Waals surface area contributed by atoms with Crippen molar-refractivity contribution < 1.29 is 12.8 Å². The van der Waals surface area contributed by atoms with Crippen molar-refractivity contribution in [3.63, 3.8) is 0 Å². The van der Waals surface area contributed by atoms with E-state index in [0.717, 1.165) is 31.0 Å². The Morgan fingerprint density at radius 2 is 2.19 bits per heavy atom. The van der Waals surface area contributed by atoms with Gasteiger partial charge in [-0.05, 0) is 31.9 Å². The number of hydrogen-bond donors (Lipinski definition) is 2. The second kappa shape index (κ2) is 11.6. The van der Waals surface area contributed by atoms with Gasteiger partial charge in [-0.25, -0.2) is 12.7 Å². The van der Waals surface area contributed by atoms with Crippen molar-refractivity contribution >= 4 is 40.0 Å². The van der Waals surface area contributed by atoms with Gasteiger partial charge in [0.1, 0.15) is 5.76 Å². The van der Waals surface area contributed by atoms with E-state index in [1.54, 1.807) is 23.6 Å². The third-order valence-corrected chi connectivity index (χ3v) is 6.06. The van der Waals surface area contributed by atoms with Gasteiger partial charge in [0.25, 0.3) is 0 Å². The van der Waals surface area contributed by atoms with Gasteiger partial charge in [0, 0.05) is 38.6 Å². The normalized spacial score (nSPS) is 16.7. The third-order valence-electron chi connectivity index (χ3n) is 4.18. The summed E-state index contributed by atoms with van der Waals surface area (Å²) >= 11 is 0. The summed E-state index contributed by atoms with van der Waals surface area (Å²) < 4.78 is 30.7. The van der Waals surface area contributed by atoms with Crippen LogP contribution in [0.4, 0.5) is 0 Å². The van der Waals surface area contributed by atoms with E-state index < -0.39 is 10.0 Å². The molecule has 1 fully saturated rings. The zero-order valence-corrected chi connectivity index (χ0v) is 18.3. The molecule has 0 unspecified atom stereocenters. The fraction of sp³-hybridized carbons (Fsp3) is 0.588. The molecule has 1 aromatic heterocycles. The number of aliphatic imine (C=N–C) groups is 1. The molecule has 0 amide bonds. The largest absolute Gasteiger partial charge is 0.469 e. The number of sulfonamides is 1. The zero-order chi connectivity index (χ0) is 18.1. The minimum atomic E-state index is -3.09. The van der Waals surface area contributed by atoms with E-state index >= 15 is 0 Å². The number of guanidine groups is 1. The van der Waals surface area contributed by atoms with Crippen LogP contribution in [0.1, 0.15) is 25.5 Å². The molecule has 7 nitrogen and oxygen atoms in total. The first kappa shape index (κ1) is 23.0. The molecule has 1 aliphatic heterocycles. The minimum Gasteiger partial charge on any atom is -0.469 e. The van der Waals surface area contributed by atoms with Crippen molar-refractivity contribution in [3.05, 3.63) is 36.8 Å². The first-order valence-corrected chi connectivity index (χ1v) is 10.3. The van der Waals surface area contributed by atoms with Crippen LogP contribution in [-0.4, -0.2) is 56.7 Å². The molecule has 1 aromatic rings. The standard InChI is InChI=1S/C17H28N4O3S.HI/c1-3-10-18-17(19-11-7-16-6-5-14-24-16)20-15-8-12-21(13-9-15)25(22,23)4-2;/h3,5-6,14-15H,1,4,7-13H2,2H3,(H2,18,19,20);1H. The number of nitrogens with zero attached hydrogens (tertiary/aromatic N) is 2. The van der Waals surface area contributed by atoms with Crippen LogP contribution >= 0.6 is 24.0 Å². The van der Waals surface area contributed by atoms with Crippen LogP contribution < -0.4 is 10.6 Å². The molecular formula is C17H29IN4O3S. The zero-order valence-electron chi connectivity index (χ0n) is 15.2. The summed E-state index contributed by atoms with van der Waals surface area (Å²) in [5.41, 5.74) is 0. The van der Waals surface area contributed by atoms with Crippen LogP contribution in [0.5, 0.6) is 0 Å². The summed E-state index contributed by atoms with van der Waals surface area (Å²) in [7, 11) is -3.09. The SMILES string of the molecule is C=CCNC(=NCCc1ccco1)NC1CCN(S(=O)(=O)CC)CC1.I. The van der Waals surface area contributed by atoms with Gasteiger partial charge in [-0.2, -0.15) is 0 Å². The molecule has 2 rings (SSSR count). The van der Waals surface area contributed by atoms with Gasteiger partial charge in [0.15, 0.2) is 5.96 Å². The van der Waals surface area contributed by atoms with E-state index in [-0.39, 0.29) is 35.8 Å². The first-order chi connectivity index (χ1) is 12.0. The highest BCUT2D eigenvalue weighted by molar-refractivity contribution is 14.0. The number of furan rings is 1. The van der Waals surface area contributed by atoms with E-state index in [0.29, 0.717) is 26.2 Å². The predicted octanol–water partition coefficient (Wildman–Crippen LogP) is 1.98. The molecule has 2 N–H and O–H groups in total. The Morgan fingerprint density at radius 3 is 2.77 bits per heavy atom. The maximum atomic E-state index is 11.9. The molecule has 1 aliphatic rings. The van der Waals surface area contributed by atoms with Crippen LogP contribution in [0.3, 0.4) is 0 Å². The Labute approximate surface area is 173 Å². The Balaban J connectivity index is 0.00000338. The van der Waals surface area contributed by atoms with E-state index in [1.807, 2.05) is 12.1 Å². The van der Waals surface area contributed by atoms with Gasteiger partial charge in [-0.15, -0.1) is 30.6 Å². The summed E-state index contributed by atoms with van der Waals surface area (Å²) in [5, 5.41) is 6.61. The van der Waals surface area contributed by atoms with E-state index in [1.165, 1.54) is 0 Å². The van der Waals surface area contributed by atoms with Gasteiger partial charge in [0.05, 0.1) is 12.0 Å². The summed E-state index contributed by atoms with van der Waals surface area (Å²) in [5.74, 6) is 1.79. The summed E-state index contributed by atoms with van der Waals surface area (Å²) in [4.78, 5) is 4.57. The molecule has 148 valence electrons. The smallest absolute Gasteiger partial charge is 0.213 e. The number of halogens is 1. The summed E-state index contributed by atoms with van der Waals surface area (Å²) in [6, 6.07) is 4.01. The summed E-state index contributed by atoms with van der Waals surface area (Å²) in [6.45, 7) is 7.73. The van der Waals surface area contributed by atoms with E-state index in [2.05, 4.69) is 22.2 Å². The van der Waals surface area contributed by atoms with Crippen LogP contribution in [-0.2, 0) is 16.4 Å². The highest BCUT2D eigenvalue weighted by Crippen LogP contribution is 2.14. The topological polar surface area (TPSA) is 86.9 Å². The lowest BCUT2D eigenvalue weighted by molar-refractivity contribution is 0.306. The van der Waals surface area contributed by atoms with Gasteiger partial charge in [-0.3, -0.25) is 4.99 Å². The number of nitrogens with one attached hydrogen (secondary N) is 2. The molecule has 0 spiro atoms. The molecule has 26 heavy (non-hydrogen) atoms. The van der Waals surface area contributed by atoms with Crippen molar-refractivity contribution in [1.82, 2.24) is 14.9 Å². The Morgan fingerprint density at radius 1 is 1.46 bits per heavy atom. The van der Waals surface area contributed by atoms with Crippen LogP contribution in [0.2, 0.25) is 0 Å². The van der Waals surface area contributed by atoms with Crippen molar-refractivity contribution in [1.29, 1.82) is 0 Å². The number of hydrogen-bond acceptors (Lipinski definition) is 4. The van der Waals surface area contributed by atoms with Crippen LogP contribution in [0, 0.1) is 0 Å². The Bertz CT molecular complexity index is 654. The highest BCUT2D eigenvalue weighted by atomic mass is 127. The Kier molecular flexibility index (Phi) is 10.3. The molecule has 0 bridgehead atoms.